The van der Waals surface area contributed by atoms with Crippen LogP contribution in [0.3, 0.4) is 0 Å². The van der Waals surface area contributed by atoms with E-state index >= 15 is 0 Å². The van der Waals surface area contributed by atoms with Gasteiger partial charge in [-0.1, -0.05) is 50.2 Å². The average Bonchev–Trinajstić information content (AvgIpc) is 2.30. The molecule has 0 aliphatic rings. The van der Waals surface area contributed by atoms with Crippen molar-refractivity contribution >= 4 is 20.9 Å². The normalized spacial score (nSPS) is 10.7. The molecule has 2 aromatic rings. The summed E-state index contributed by atoms with van der Waals surface area (Å²) < 4.78 is 31.0. The van der Waals surface area contributed by atoms with Crippen LogP contribution in [0.1, 0.15) is 13.8 Å². The molecule has 0 amide bonds. The molecule has 3 nitrogen and oxygen atoms in total. The highest BCUT2D eigenvalue weighted by Crippen LogP contribution is 2.21. The Balaban J connectivity index is 0.000000606. The predicted molar refractivity (Wildman–Crippen MR) is 65.1 cm³/mol. The summed E-state index contributed by atoms with van der Waals surface area (Å²) in [4.78, 5) is -0.0457. The molecule has 2 aromatic carbocycles. The first-order chi connectivity index (χ1) is 7.59. The van der Waals surface area contributed by atoms with Crippen molar-refractivity contribution in [3.63, 3.8) is 0 Å². The molecule has 0 atom stereocenters. The molecule has 0 saturated heterocycles. The highest BCUT2D eigenvalue weighted by atomic mass is 32.2. The third-order valence-electron chi connectivity index (χ3n) is 2.03. The number of benzene rings is 2. The van der Waals surface area contributed by atoms with Gasteiger partial charge in [-0.2, -0.15) is 8.42 Å². The lowest BCUT2D eigenvalue weighted by Gasteiger charge is -2.02. The molecule has 4 heteroatoms. The second-order valence-electron chi connectivity index (χ2n) is 2.95. The van der Waals surface area contributed by atoms with Crippen molar-refractivity contribution in [1.29, 1.82) is 0 Å². The van der Waals surface area contributed by atoms with E-state index in [0.717, 1.165) is 5.39 Å². The van der Waals surface area contributed by atoms with Gasteiger partial charge >= 0.3 is 0 Å². The Labute approximate surface area is 95.5 Å². The summed E-state index contributed by atoms with van der Waals surface area (Å²) in [6.07, 6.45) is 0. The van der Waals surface area contributed by atoms with Crippen molar-refractivity contribution in [3.05, 3.63) is 42.5 Å². The standard InChI is InChI=1S/C10H8O3S.C2H6/c11-14(12,13)10-7-3-5-8-4-1-2-6-9(8)10;1-2/h1-7H,(H,11,12,13);1-2H3. The summed E-state index contributed by atoms with van der Waals surface area (Å²) in [6.45, 7) is 4.00. The van der Waals surface area contributed by atoms with Gasteiger partial charge in [0, 0.05) is 5.39 Å². The second-order valence-corrected chi connectivity index (χ2v) is 4.34. The fourth-order valence-corrected chi connectivity index (χ4v) is 2.13. The van der Waals surface area contributed by atoms with Crippen molar-refractivity contribution in [2.75, 3.05) is 0 Å². The third kappa shape index (κ3) is 2.59. The van der Waals surface area contributed by atoms with E-state index in [4.69, 9.17) is 4.55 Å². The van der Waals surface area contributed by atoms with Gasteiger partial charge < -0.3 is 0 Å². The molecular formula is C12H14O3S. The molecule has 0 bridgehead atoms. The van der Waals surface area contributed by atoms with Crippen molar-refractivity contribution in [3.8, 4) is 0 Å². The molecule has 2 rings (SSSR count). The summed E-state index contributed by atoms with van der Waals surface area (Å²) in [5.74, 6) is 0. The first kappa shape index (κ1) is 12.7. The summed E-state index contributed by atoms with van der Waals surface area (Å²) in [7, 11) is -4.13. The molecule has 1 N–H and O–H groups in total. The lowest BCUT2D eigenvalue weighted by Crippen LogP contribution is -1.98. The Hall–Kier alpha value is -1.39. The lowest BCUT2D eigenvalue weighted by molar-refractivity contribution is 0.484. The van der Waals surface area contributed by atoms with Crippen LogP contribution in [0.4, 0.5) is 0 Å². The van der Waals surface area contributed by atoms with Crippen LogP contribution in [0.25, 0.3) is 10.8 Å². The maximum absolute atomic E-state index is 11.0. The van der Waals surface area contributed by atoms with Crippen molar-refractivity contribution < 1.29 is 13.0 Å². The zero-order valence-corrected chi connectivity index (χ0v) is 10.0. The number of hydrogen-bond acceptors (Lipinski definition) is 2. The van der Waals surface area contributed by atoms with Gasteiger partial charge in [0.1, 0.15) is 4.90 Å². The van der Waals surface area contributed by atoms with Gasteiger partial charge in [0.15, 0.2) is 0 Å². The van der Waals surface area contributed by atoms with E-state index in [-0.39, 0.29) is 4.90 Å². The van der Waals surface area contributed by atoms with Gasteiger partial charge in [0.25, 0.3) is 10.1 Å². The van der Waals surface area contributed by atoms with Gasteiger partial charge in [-0.3, -0.25) is 4.55 Å². The van der Waals surface area contributed by atoms with E-state index < -0.39 is 10.1 Å². The first-order valence-corrected chi connectivity index (χ1v) is 6.48. The quantitative estimate of drug-likeness (QED) is 0.777. The van der Waals surface area contributed by atoms with Crippen LogP contribution >= 0.6 is 0 Å². The maximum atomic E-state index is 11.0. The third-order valence-corrected chi connectivity index (χ3v) is 2.94. The lowest BCUT2D eigenvalue weighted by atomic mass is 10.1. The van der Waals surface area contributed by atoms with Crippen LogP contribution in [-0.2, 0) is 10.1 Å². The minimum Gasteiger partial charge on any atom is -0.282 e. The number of hydrogen-bond donors (Lipinski definition) is 1. The maximum Gasteiger partial charge on any atom is 0.295 e. The highest BCUT2D eigenvalue weighted by molar-refractivity contribution is 7.86. The van der Waals surface area contributed by atoms with Crippen LogP contribution in [-0.4, -0.2) is 13.0 Å². The molecule has 0 radical (unpaired) electrons. The average molecular weight is 238 g/mol. The molecule has 16 heavy (non-hydrogen) atoms. The number of rotatable bonds is 1. The smallest absolute Gasteiger partial charge is 0.282 e. The zero-order valence-electron chi connectivity index (χ0n) is 9.21. The molecule has 0 aliphatic carbocycles. The van der Waals surface area contributed by atoms with E-state index in [1.54, 1.807) is 30.3 Å². The number of fused-ring (bicyclic) bond motifs is 1. The van der Waals surface area contributed by atoms with Crippen molar-refractivity contribution in [2.45, 2.75) is 18.7 Å². The molecular weight excluding hydrogens is 224 g/mol. The fourth-order valence-electron chi connectivity index (χ4n) is 1.42. The molecule has 0 spiro atoms. The minimum atomic E-state index is -4.13. The van der Waals surface area contributed by atoms with Crippen molar-refractivity contribution in [2.24, 2.45) is 0 Å². The SMILES string of the molecule is CC.O=S(=O)(O)c1cccc2ccccc12. The zero-order chi connectivity index (χ0) is 12.2. The molecule has 0 aliphatic heterocycles. The Kier molecular flexibility index (Phi) is 4.04. The van der Waals surface area contributed by atoms with E-state index in [1.165, 1.54) is 6.07 Å². The van der Waals surface area contributed by atoms with E-state index in [2.05, 4.69) is 0 Å². The van der Waals surface area contributed by atoms with Gasteiger partial charge in [0.05, 0.1) is 0 Å². The van der Waals surface area contributed by atoms with E-state index in [1.807, 2.05) is 19.9 Å². The Morgan fingerprint density at radius 2 is 1.50 bits per heavy atom. The van der Waals surface area contributed by atoms with Crippen LogP contribution in [0.2, 0.25) is 0 Å². The molecule has 0 unspecified atom stereocenters. The summed E-state index contributed by atoms with van der Waals surface area (Å²) in [5, 5.41) is 1.33. The van der Waals surface area contributed by atoms with Gasteiger partial charge in [-0.05, 0) is 11.5 Å². The molecule has 86 valence electrons. The molecule has 0 saturated carbocycles. The Morgan fingerprint density at radius 1 is 0.938 bits per heavy atom. The van der Waals surface area contributed by atoms with Crippen LogP contribution < -0.4 is 0 Å². The van der Waals surface area contributed by atoms with E-state index in [9.17, 15) is 8.42 Å². The van der Waals surface area contributed by atoms with E-state index in [0.29, 0.717) is 5.39 Å². The van der Waals surface area contributed by atoms with Crippen LogP contribution in [0.5, 0.6) is 0 Å². The molecule has 0 aromatic heterocycles. The largest absolute Gasteiger partial charge is 0.295 e. The van der Waals surface area contributed by atoms with Gasteiger partial charge in [-0.15, -0.1) is 0 Å². The Bertz CT molecular complexity index is 568. The van der Waals surface area contributed by atoms with Crippen LogP contribution in [0.15, 0.2) is 47.4 Å². The fraction of sp³-hybridized carbons (Fsp3) is 0.167. The van der Waals surface area contributed by atoms with Crippen LogP contribution in [0, 0.1) is 0 Å². The molecule has 0 fully saturated rings. The monoisotopic (exact) mass is 238 g/mol. The van der Waals surface area contributed by atoms with Gasteiger partial charge in [0.2, 0.25) is 0 Å². The summed E-state index contributed by atoms with van der Waals surface area (Å²) in [5.41, 5.74) is 0. The summed E-state index contributed by atoms with van der Waals surface area (Å²) >= 11 is 0. The Morgan fingerprint density at radius 3 is 2.12 bits per heavy atom. The van der Waals surface area contributed by atoms with Gasteiger partial charge in [-0.25, -0.2) is 0 Å². The first-order valence-electron chi connectivity index (χ1n) is 5.04. The minimum absolute atomic E-state index is 0.0457. The highest BCUT2D eigenvalue weighted by Gasteiger charge is 2.12. The predicted octanol–water partition coefficient (Wildman–Crippen LogP) is 3.11. The summed E-state index contributed by atoms with van der Waals surface area (Å²) in [6, 6.07) is 11.8. The molecule has 0 heterocycles. The topological polar surface area (TPSA) is 54.4 Å². The second kappa shape index (κ2) is 5.09. The van der Waals surface area contributed by atoms with Crippen molar-refractivity contribution in [1.82, 2.24) is 0 Å².